The van der Waals surface area contributed by atoms with Crippen LogP contribution in [0.5, 0.6) is 0 Å². The highest BCUT2D eigenvalue weighted by Crippen LogP contribution is 2.43. The Kier molecular flexibility index (Phi) is 9.54. The van der Waals surface area contributed by atoms with Gasteiger partial charge in [0.1, 0.15) is 11.2 Å². The van der Waals surface area contributed by atoms with Crippen LogP contribution in [0.25, 0.3) is 110 Å². The number of furan rings is 1. The maximum Gasteiger partial charge on any atom is 0.135 e. The molecule has 0 unspecified atom stereocenters. The fraction of sp³-hybridized carbons (Fsp3) is 0. The summed E-state index contributed by atoms with van der Waals surface area (Å²) in [6, 6.07) is 94.5. The van der Waals surface area contributed by atoms with E-state index in [0.29, 0.717) is 0 Å². The Bertz CT molecular complexity index is 3820. The summed E-state index contributed by atoms with van der Waals surface area (Å²) in [7, 11) is 0. The summed E-state index contributed by atoms with van der Waals surface area (Å²) in [4.78, 5) is 2.39. The second-order valence-corrected chi connectivity index (χ2v) is 17.7. The van der Waals surface area contributed by atoms with Crippen LogP contribution in [0, 0.1) is 0 Å². The number of nitrogens with zero attached hydrogens (tertiary/aromatic N) is 1. The SMILES string of the molecule is c1ccc(-c2ccc(-c3ccc(N(c4ccc(-c5ccc(-c6ccccc6)cc5)cc4)c4ccc5c6ccc(-c7ccc8oc9ccccc9c8c7)cc6c6ccccc6c5c4)cc3)cc2)cc1. The van der Waals surface area contributed by atoms with Crippen LogP contribution in [0.1, 0.15) is 0 Å². The van der Waals surface area contributed by atoms with Crippen LogP contribution in [0.15, 0.2) is 265 Å². The average molecular weight is 866 g/mol. The first-order valence-corrected chi connectivity index (χ1v) is 23.3. The third-order valence-corrected chi connectivity index (χ3v) is 13.7. The third kappa shape index (κ3) is 6.99. The molecule has 2 nitrogen and oxygen atoms in total. The maximum absolute atomic E-state index is 6.18. The molecule has 0 fully saturated rings. The average Bonchev–Trinajstić information content (AvgIpc) is 3.80. The first-order chi connectivity index (χ1) is 33.7. The summed E-state index contributed by atoms with van der Waals surface area (Å²) in [6.07, 6.45) is 0. The van der Waals surface area contributed by atoms with Crippen LogP contribution in [-0.4, -0.2) is 0 Å². The van der Waals surface area contributed by atoms with Gasteiger partial charge in [0, 0.05) is 27.8 Å². The van der Waals surface area contributed by atoms with Gasteiger partial charge in [-0.05, 0) is 149 Å². The minimum atomic E-state index is 0.909. The molecule has 0 saturated heterocycles. The third-order valence-electron chi connectivity index (χ3n) is 13.7. The zero-order chi connectivity index (χ0) is 45.0. The zero-order valence-electron chi connectivity index (χ0n) is 37.2. The van der Waals surface area contributed by atoms with Gasteiger partial charge in [-0.15, -0.1) is 0 Å². The molecule has 68 heavy (non-hydrogen) atoms. The molecule has 0 aliphatic rings. The first kappa shape index (κ1) is 39.4. The van der Waals surface area contributed by atoms with Crippen LogP contribution in [-0.2, 0) is 0 Å². The van der Waals surface area contributed by atoms with E-state index in [4.69, 9.17) is 4.42 Å². The summed E-state index contributed by atoms with van der Waals surface area (Å²) in [5, 5.41) is 9.68. The maximum atomic E-state index is 6.18. The number of hydrogen-bond acceptors (Lipinski definition) is 2. The Morgan fingerprint density at radius 3 is 1.03 bits per heavy atom. The zero-order valence-corrected chi connectivity index (χ0v) is 37.2. The van der Waals surface area contributed by atoms with Crippen LogP contribution >= 0.6 is 0 Å². The highest BCUT2D eigenvalue weighted by molar-refractivity contribution is 6.26. The molecule has 0 aliphatic carbocycles. The Balaban J connectivity index is 0.904. The number of benzene rings is 12. The summed E-state index contributed by atoms with van der Waals surface area (Å²) < 4.78 is 6.18. The van der Waals surface area contributed by atoms with Gasteiger partial charge in [0.15, 0.2) is 0 Å². The van der Waals surface area contributed by atoms with Crippen molar-refractivity contribution in [2.45, 2.75) is 0 Å². The van der Waals surface area contributed by atoms with Crippen LogP contribution in [0.4, 0.5) is 17.1 Å². The van der Waals surface area contributed by atoms with E-state index in [-0.39, 0.29) is 0 Å². The van der Waals surface area contributed by atoms with Crippen molar-refractivity contribution in [1.82, 2.24) is 0 Å². The van der Waals surface area contributed by atoms with Gasteiger partial charge in [0.05, 0.1) is 0 Å². The molecule has 13 rings (SSSR count). The van der Waals surface area contributed by atoms with Crippen molar-refractivity contribution in [2.75, 3.05) is 4.90 Å². The predicted molar refractivity (Wildman–Crippen MR) is 288 cm³/mol. The molecule has 13 aromatic rings. The van der Waals surface area contributed by atoms with Gasteiger partial charge in [-0.1, -0.05) is 200 Å². The minimum Gasteiger partial charge on any atom is -0.456 e. The van der Waals surface area contributed by atoms with Crippen LogP contribution < -0.4 is 4.90 Å². The Morgan fingerprint density at radius 2 is 0.515 bits per heavy atom. The fourth-order valence-corrected chi connectivity index (χ4v) is 10.2. The molecule has 1 heterocycles. The molecular weight excluding hydrogens is 823 g/mol. The number of rotatable bonds is 8. The molecule has 0 amide bonds. The van der Waals surface area contributed by atoms with Gasteiger partial charge >= 0.3 is 0 Å². The molecule has 0 aliphatic heterocycles. The molecule has 0 N–H and O–H groups in total. The van der Waals surface area contributed by atoms with Crippen molar-refractivity contribution < 1.29 is 4.42 Å². The van der Waals surface area contributed by atoms with E-state index in [1.165, 1.54) is 88.0 Å². The summed E-state index contributed by atoms with van der Waals surface area (Å²) in [5.74, 6) is 0. The van der Waals surface area contributed by atoms with Crippen molar-refractivity contribution in [3.8, 4) is 55.6 Å². The molecular formula is C66H43NO. The van der Waals surface area contributed by atoms with E-state index in [1.807, 2.05) is 12.1 Å². The molecule has 0 bridgehead atoms. The van der Waals surface area contributed by atoms with E-state index in [2.05, 4.69) is 254 Å². The highest BCUT2D eigenvalue weighted by Gasteiger charge is 2.18. The normalized spacial score (nSPS) is 11.5. The highest BCUT2D eigenvalue weighted by atomic mass is 16.3. The largest absolute Gasteiger partial charge is 0.456 e. The number of para-hydroxylation sites is 1. The summed E-state index contributed by atoms with van der Waals surface area (Å²) >= 11 is 0. The molecule has 0 radical (unpaired) electrons. The van der Waals surface area contributed by atoms with E-state index in [0.717, 1.165) is 39.0 Å². The smallest absolute Gasteiger partial charge is 0.135 e. The van der Waals surface area contributed by atoms with Crippen molar-refractivity contribution >= 4 is 71.3 Å². The molecule has 0 spiro atoms. The van der Waals surface area contributed by atoms with Crippen molar-refractivity contribution in [3.05, 3.63) is 261 Å². The predicted octanol–water partition coefficient (Wildman–Crippen LogP) is 18.9. The summed E-state index contributed by atoms with van der Waals surface area (Å²) in [6.45, 7) is 0. The van der Waals surface area contributed by atoms with Gasteiger partial charge in [0.2, 0.25) is 0 Å². The second-order valence-electron chi connectivity index (χ2n) is 17.7. The molecule has 2 heteroatoms. The lowest BCUT2D eigenvalue weighted by Crippen LogP contribution is -2.10. The van der Waals surface area contributed by atoms with Gasteiger partial charge in [-0.3, -0.25) is 0 Å². The Hall–Kier alpha value is -8.98. The van der Waals surface area contributed by atoms with Gasteiger partial charge < -0.3 is 9.32 Å². The lowest BCUT2D eigenvalue weighted by molar-refractivity contribution is 0.669. The van der Waals surface area contributed by atoms with Crippen molar-refractivity contribution in [2.24, 2.45) is 0 Å². The first-order valence-electron chi connectivity index (χ1n) is 23.3. The van der Waals surface area contributed by atoms with Gasteiger partial charge in [-0.2, -0.15) is 0 Å². The van der Waals surface area contributed by atoms with E-state index in [1.54, 1.807) is 0 Å². The van der Waals surface area contributed by atoms with Crippen molar-refractivity contribution in [1.29, 1.82) is 0 Å². The van der Waals surface area contributed by atoms with E-state index in [9.17, 15) is 0 Å². The number of hydrogen-bond donors (Lipinski definition) is 0. The monoisotopic (exact) mass is 865 g/mol. The van der Waals surface area contributed by atoms with Gasteiger partial charge in [0.25, 0.3) is 0 Å². The fourth-order valence-electron chi connectivity index (χ4n) is 10.2. The quantitative estimate of drug-likeness (QED) is 0.142. The lowest BCUT2D eigenvalue weighted by Gasteiger charge is -2.27. The van der Waals surface area contributed by atoms with Crippen LogP contribution in [0.3, 0.4) is 0 Å². The standard InChI is InChI=1S/C66H43NO/c1-3-11-44(12-4-1)46-19-23-48(24-20-46)50-27-33-54(34-28-50)67(55-35-29-51(30-36-55)49-25-21-47(22-26-49)45-13-5-2-6-14-45)56-37-39-60-59-38-31-52(41-62(59)57-15-7-8-16-58(57)63(60)43-56)53-32-40-66-64(42-53)61-17-9-10-18-65(61)68-66/h1-43H. The van der Waals surface area contributed by atoms with E-state index >= 15 is 0 Å². The van der Waals surface area contributed by atoms with Crippen molar-refractivity contribution in [3.63, 3.8) is 0 Å². The van der Waals surface area contributed by atoms with E-state index < -0.39 is 0 Å². The summed E-state index contributed by atoms with van der Waals surface area (Å²) in [5.41, 5.74) is 17.1. The molecule has 1 aromatic heterocycles. The second kappa shape index (κ2) is 16.5. The lowest BCUT2D eigenvalue weighted by atomic mass is 9.91. The Morgan fingerprint density at radius 1 is 0.191 bits per heavy atom. The van der Waals surface area contributed by atoms with Crippen LogP contribution in [0.2, 0.25) is 0 Å². The number of fused-ring (bicyclic) bond motifs is 9. The van der Waals surface area contributed by atoms with Gasteiger partial charge in [-0.25, -0.2) is 0 Å². The Labute approximate surface area is 395 Å². The number of anilines is 3. The molecule has 318 valence electrons. The molecule has 0 saturated carbocycles. The molecule has 12 aromatic carbocycles. The topological polar surface area (TPSA) is 16.4 Å². The molecule has 0 atom stereocenters. The minimum absolute atomic E-state index is 0.909.